The zero-order chi connectivity index (χ0) is 27.5. The second-order valence-electron chi connectivity index (χ2n) is 8.54. The predicted molar refractivity (Wildman–Crippen MR) is 147 cm³/mol. The van der Waals surface area contributed by atoms with Gasteiger partial charge in [0, 0.05) is 37.3 Å². The average molecular weight is 536 g/mol. The zero-order valence-electron chi connectivity index (χ0n) is 21.9. The summed E-state index contributed by atoms with van der Waals surface area (Å²) in [5.74, 6) is -1.25. The maximum atomic E-state index is 13.1. The van der Waals surface area contributed by atoms with Gasteiger partial charge in [0.05, 0.1) is 24.8 Å². The molecule has 0 aliphatic carbocycles. The monoisotopic (exact) mass is 535 g/mol. The van der Waals surface area contributed by atoms with Crippen molar-refractivity contribution in [3.63, 3.8) is 0 Å². The summed E-state index contributed by atoms with van der Waals surface area (Å²) in [6.45, 7) is 5.03. The molecular weight excluding hydrogens is 502 g/mol. The van der Waals surface area contributed by atoms with Crippen LogP contribution in [0.15, 0.2) is 83.2 Å². The molecule has 0 aliphatic rings. The minimum absolute atomic E-state index is 0.121. The molecule has 0 bridgehead atoms. The quantitative estimate of drug-likeness (QED) is 0.246. The van der Waals surface area contributed by atoms with E-state index in [9.17, 15) is 14.4 Å². The van der Waals surface area contributed by atoms with Crippen molar-refractivity contribution in [1.82, 2.24) is 14.8 Å². The summed E-state index contributed by atoms with van der Waals surface area (Å²) in [6.07, 6.45) is 2.63. The number of carbonyl (C=O) groups is 3. The van der Waals surface area contributed by atoms with Gasteiger partial charge in [-0.2, -0.15) is 0 Å². The molecule has 2 aromatic carbocycles. The zero-order valence-corrected chi connectivity index (χ0v) is 22.8. The lowest BCUT2D eigenvalue weighted by molar-refractivity contribution is 0.0553. The molecule has 0 radical (unpaired) electrons. The first-order chi connectivity index (χ1) is 18.4. The molecule has 0 saturated heterocycles. The lowest BCUT2D eigenvalue weighted by Crippen LogP contribution is -2.41. The Kier molecular flexibility index (Phi) is 10.6. The molecule has 0 unspecified atom stereocenters. The Morgan fingerprint density at radius 3 is 2.16 bits per heavy atom. The number of benzene rings is 2. The van der Waals surface area contributed by atoms with E-state index in [1.54, 1.807) is 22.9 Å². The van der Waals surface area contributed by atoms with Gasteiger partial charge in [-0.25, -0.2) is 14.4 Å². The molecule has 8 nitrogen and oxygen atoms in total. The molecule has 0 saturated carbocycles. The van der Waals surface area contributed by atoms with E-state index in [1.807, 2.05) is 60.7 Å². The number of rotatable bonds is 12. The number of H-pyrrole nitrogens is 1. The Morgan fingerprint density at radius 2 is 1.55 bits per heavy atom. The number of nitrogens with one attached hydrogen (secondary N) is 1. The number of likely N-dealkylation sites (N-methyl/N-ethyl adjacent to an activating group) is 1. The second kappa shape index (κ2) is 14.1. The van der Waals surface area contributed by atoms with Crippen LogP contribution in [0.5, 0.6) is 0 Å². The summed E-state index contributed by atoms with van der Waals surface area (Å²) in [5.41, 5.74) is 1.87. The number of aryl methyl sites for hydroxylation is 1. The molecule has 1 heterocycles. The maximum absolute atomic E-state index is 13.1. The van der Waals surface area contributed by atoms with E-state index in [0.717, 1.165) is 10.5 Å². The van der Waals surface area contributed by atoms with Crippen LogP contribution in [-0.2, 0) is 22.4 Å². The van der Waals surface area contributed by atoms with Gasteiger partial charge in [-0.05, 0) is 30.5 Å². The molecule has 2 amide bonds. The molecule has 9 heteroatoms. The molecule has 0 atom stereocenters. The van der Waals surface area contributed by atoms with Gasteiger partial charge in [0.2, 0.25) is 0 Å². The van der Waals surface area contributed by atoms with Gasteiger partial charge in [-0.3, -0.25) is 0 Å². The summed E-state index contributed by atoms with van der Waals surface area (Å²) in [6, 6.07) is 19.2. The van der Waals surface area contributed by atoms with Crippen molar-refractivity contribution in [2.24, 2.45) is 0 Å². The summed E-state index contributed by atoms with van der Waals surface area (Å²) in [5, 5.41) is 0.501. The Morgan fingerprint density at radius 1 is 0.947 bits per heavy atom. The van der Waals surface area contributed by atoms with Gasteiger partial charge in [0.25, 0.3) is 0 Å². The van der Waals surface area contributed by atoms with Crippen LogP contribution in [0.3, 0.4) is 0 Å². The van der Waals surface area contributed by atoms with Crippen LogP contribution in [-0.4, -0.2) is 67.1 Å². The number of carbonyl (C=O) groups excluding carboxylic acids is 3. The number of nitrogens with zero attached hydrogens (tertiary/aromatic N) is 2. The first-order valence-corrected chi connectivity index (χ1v) is 13.0. The van der Waals surface area contributed by atoms with E-state index in [4.69, 9.17) is 9.47 Å². The summed E-state index contributed by atoms with van der Waals surface area (Å²) in [7, 11) is 4.29. The van der Waals surface area contributed by atoms with Crippen LogP contribution in [0.2, 0.25) is 0 Å². The first-order valence-electron chi connectivity index (χ1n) is 12.2. The molecule has 0 fully saturated rings. The van der Waals surface area contributed by atoms with Crippen LogP contribution in [0.25, 0.3) is 0 Å². The fourth-order valence-electron chi connectivity index (χ4n) is 4.03. The van der Waals surface area contributed by atoms with Crippen LogP contribution in [0.1, 0.15) is 38.4 Å². The lowest BCUT2D eigenvalue weighted by Gasteiger charge is -2.28. The molecule has 1 aromatic heterocycles. The van der Waals surface area contributed by atoms with Gasteiger partial charge in [-0.1, -0.05) is 66.4 Å². The standard InChI is InChI=1S/C29H33N3O5S/c1-5-18-31(2)29(35)32(20-21-13-8-6-9-14-21)19-12-17-23-24(27(33)36-3)25(28(34)37-4)26(30-23)38-22-15-10-7-11-16-22/h5-11,13-16,30H,1,12,17-20H2,2-4H3. The molecular formula is C29H33N3O5S. The minimum Gasteiger partial charge on any atom is -0.465 e. The number of ether oxygens (including phenoxy) is 2. The number of amides is 2. The maximum Gasteiger partial charge on any atom is 0.341 e. The van der Waals surface area contributed by atoms with E-state index in [1.165, 1.54) is 26.0 Å². The molecule has 1 N–H and O–H groups in total. The molecule has 200 valence electrons. The largest absolute Gasteiger partial charge is 0.465 e. The number of aromatic nitrogens is 1. The highest BCUT2D eigenvalue weighted by atomic mass is 32.2. The van der Waals surface area contributed by atoms with Crippen LogP contribution < -0.4 is 0 Å². The van der Waals surface area contributed by atoms with Gasteiger partial charge >= 0.3 is 18.0 Å². The fraction of sp³-hybridized carbons (Fsp3) is 0.276. The Balaban J connectivity index is 1.88. The van der Waals surface area contributed by atoms with Gasteiger partial charge < -0.3 is 24.3 Å². The number of hydrogen-bond acceptors (Lipinski definition) is 6. The van der Waals surface area contributed by atoms with E-state index < -0.39 is 11.9 Å². The fourth-order valence-corrected chi connectivity index (χ4v) is 5.02. The van der Waals surface area contributed by atoms with Crippen molar-refractivity contribution in [1.29, 1.82) is 0 Å². The van der Waals surface area contributed by atoms with Crippen molar-refractivity contribution in [3.8, 4) is 0 Å². The number of aromatic amines is 1. The van der Waals surface area contributed by atoms with Crippen LogP contribution >= 0.6 is 11.8 Å². The molecule has 0 aliphatic heterocycles. The topological polar surface area (TPSA) is 91.9 Å². The molecule has 38 heavy (non-hydrogen) atoms. The Hall–Kier alpha value is -3.98. The van der Waals surface area contributed by atoms with Crippen LogP contribution in [0.4, 0.5) is 4.79 Å². The smallest absolute Gasteiger partial charge is 0.341 e. The third-order valence-electron chi connectivity index (χ3n) is 5.86. The van der Waals surface area contributed by atoms with Gasteiger partial charge in [0.15, 0.2) is 0 Å². The molecule has 3 aromatic rings. The number of urea groups is 1. The highest BCUT2D eigenvalue weighted by Gasteiger charge is 2.30. The summed E-state index contributed by atoms with van der Waals surface area (Å²) in [4.78, 5) is 46.2. The lowest BCUT2D eigenvalue weighted by atomic mass is 10.1. The summed E-state index contributed by atoms with van der Waals surface area (Å²) < 4.78 is 10.0. The van der Waals surface area contributed by atoms with E-state index >= 15 is 0 Å². The van der Waals surface area contributed by atoms with Crippen molar-refractivity contribution in [3.05, 3.63) is 95.7 Å². The van der Waals surface area contributed by atoms with Crippen molar-refractivity contribution >= 4 is 29.7 Å². The van der Waals surface area contributed by atoms with E-state index in [-0.39, 0.29) is 17.2 Å². The normalized spacial score (nSPS) is 10.5. The predicted octanol–water partition coefficient (Wildman–Crippen LogP) is 5.41. The SMILES string of the molecule is C=CCN(C)C(=O)N(CCCc1[nH]c(Sc2ccccc2)c(C(=O)OC)c1C(=O)OC)Cc1ccccc1. The highest BCUT2D eigenvalue weighted by molar-refractivity contribution is 7.99. The van der Waals surface area contributed by atoms with E-state index in [2.05, 4.69) is 11.6 Å². The minimum atomic E-state index is -0.627. The molecule has 0 spiro atoms. The third kappa shape index (κ3) is 7.29. The van der Waals surface area contributed by atoms with Crippen LogP contribution in [0, 0.1) is 0 Å². The van der Waals surface area contributed by atoms with E-state index in [0.29, 0.717) is 43.2 Å². The molecule has 3 rings (SSSR count). The first kappa shape index (κ1) is 28.6. The summed E-state index contributed by atoms with van der Waals surface area (Å²) >= 11 is 1.33. The van der Waals surface area contributed by atoms with Crippen molar-refractivity contribution in [2.45, 2.75) is 29.3 Å². The number of methoxy groups -OCH3 is 2. The third-order valence-corrected chi connectivity index (χ3v) is 6.87. The van der Waals surface area contributed by atoms with Gasteiger partial charge in [-0.15, -0.1) is 6.58 Å². The van der Waals surface area contributed by atoms with Gasteiger partial charge in [0.1, 0.15) is 5.56 Å². The van der Waals surface area contributed by atoms with Crippen molar-refractivity contribution in [2.75, 3.05) is 34.4 Å². The number of hydrogen-bond donors (Lipinski definition) is 1. The Bertz CT molecular complexity index is 1240. The second-order valence-corrected chi connectivity index (χ2v) is 9.63. The Labute approximate surface area is 227 Å². The number of esters is 2. The average Bonchev–Trinajstić information content (AvgIpc) is 3.30. The highest BCUT2D eigenvalue weighted by Crippen LogP contribution is 2.34. The van der Waals surface area contributed by atoms with Crippen molar-refractivity contribution < 1.29 is 23.9 Å².